The number of rotatable bonds is 3. The number of hydroxylamine groups is 2. The number of carbonyl (C=O) groups is 1. The first-order chi connectivity index (χ1) is 8.63. The number of carbonyl (C=O) groups excluding carboxylic acids is 1. The van der Waals surface area contributed by atoms with Crippen molar-refractivity contribution in [2.45, 2.75) is 0 Å². The highest BCUT2D eigenvalue weighted by Gasteiger charge is 2.16. The maximum atomic E-state index is 12.0. The quantitative estimate of drug-likeness (QED) is 0.799. The Morgan fingerprint density at radius 1 is 1.50 bits per heavy atom. The van der Waals surface area contributed by atoms with E-state index in [1.807, 2.05) is 0 Å². The van der Waals surface area contributed by atoms with Crippen molar-refractivity contribution in [3.05, 3.63) is 47.2 Å². The van der Waals surface area contributed by atoms with Crippen LogP contribution in [-0.2, 0) is 4.84 Å². The average Bonchev–Trinajstić information content (AvgIpc) is 2.91. The van der Waals surface area contributed by atoms with Gasteiger partial charge in [0.15, 0.2) is 0 Å². The lowest BCUT2D eigenvalue weighted by Gasteiger charge is -2.15. The molecule has 18 heavy (non-hydrogen) atoms. The first-order valence-corrected chi connectivity index (χ1v) is 5.63. The summed E-state index contributed by atoms with van der Waals surface area (Å²) in [5.74, 6) is -0.309. The van der Waals surface area contributed by atoms with Gasteiger partial charge in [0.1, 0.15) is 0 Å². The van der Waals surface area contributed by atoms with Crippen molar-refractivity contribution in [3.63, 3.8) is 0 Å². The summed E-state index contributed by atoms with van der Waals surface area (Å²) in [5.41, 5.74) is 1.13. The van der Waals surface area contributed by atoms with E-state index in [2.05, 4.69) is 5.10 Å². The molecule has 0 spiro atoms. The lowest BCUT2D eigenvalue weighted by atomic mass is 10.2. The number of amides is 1. The second-order valence-corrected chi connectivity index (χ2v) is 4.01. The van der Waals surface area contributed by atoms with E-state index in [9.17, 15) is 4.79 Å². The van der Waals surface area contributed by atoms with Gasteiger partial charge in [-0.15, -0.1) is 0 Å². The molecule has 0 atom stereocenters. The van der Waals surface area contributed by atoms with Gasteiger partial charge in [0, 0.05) is 19.4 Å². The number of aromatic nitrogens is 2. The summed E-state index contributed by atoms with van der Waals surface area (Å²) in [6.07, 6.45) is 3.45. The number of nitrogens with zero attached hydrogens (tertiary/aromatic N) is 3. The Morgan fingerprint density at radius 2 is 2.28 bits per heavy atom. The molecule has 0 aliphatic carbocycles. The van der Waals surface area contributed by atoms with Crippen molar-refractivity contribution in [2.75, 3.05) is 14.2 Å². The highest BCUT2D eigenvalue weighted by molar-refractivity contribution is 6.33. The van der Waals surface area contributed by atoms with Gasteiger partial charge in [0.05, 0.1) is 23.4 Å². The van der Waals surface area contributed by atoms with Gasteiger partial charge in [-0.1, -0.05) is 11.6 Å². The lowest BCUT2D eigenvalue weighted by molar-refractivity contribution is -0.0756. The third-order valence-electron chi connectivity index (χ3n) is 2.51. The van der Waals surface area contributed by atoms with Crippen LogP contribution in [0.5, 0.6) is 0 Å². The molecule has 0 bridgehead atoms. The van der Waals surface area contributed by atoms with E-state index in [0.29, 0.717) is 10.6 Å². The zero-order chi connectivity index (χ0) is 13.1. The Bertz CT molecular complexity index is 554. The Balaban J connectivity index is 2.42. The average molecular weight is 266 g/mol. The van der Waals surface area contributed by atoms with Gasteiger partial charge in [0.25, 0.3) is 5.91 Å². The Kier molecular flexibility index (Phi) is 3.64. The first-order valence-electron chi connectivity index (χ1n) is 5.25. The minimum Gasteiger partial charge on any atom is -0.274 e. The molecule has 0 unspecified atom stereocenters. The second-order valence-electron chi connectivity index (χ2n) is 3.60. The smallest absolute Gasteiger partial charge is 0.274 e. The lowest BCUT2D eigenvalue weighted by Crippen LogP contribution is -2.25. The molecule has 0 fully saturated rings. The van der Waals surface area contributed by atoms with Crippen LogP contribution in [0.25, 0.3) is 5.69 Å². The normalized spacial score (nSPS) is 10.4. The molecule has 0 radical (unpaired) electrons. The van der Waals surface area contributed by atoms with Crippen LogP contribution in [0.3, 0.4) is 0 Å². The minimum atomic E-state index is -0.309. The molecule has 2 aromatic rings. The van der Waals surface area contributed by atoms with Crippen LogP contribution in [0, 0.1) is 0 Å². The largest absolute Gasteiger partial charge is 0.278 e. The van der Waals surface area contributed by atoms with E-state index in [4.69, 9.17) is 16.4 Å². The Labute approximate surface area is 109 Å². The number of halogens is 1. The van der Waals surface area contributed by atoms with Gasteiger partial charge in [-0.05, 0) is 24.3 Å². The molecular weight excluding hydrogens is 254 g/mol. The fourth-order valence-corrected chi connectivity index (χ4v) is 1.69. The standard InChI is InChI=1S/C12H12ClN3O2/c1-15(18-2)12(17)10-8-9(4-5-11(10)13)16-7-3-6-14-16/h3-8H,1-2H3. The maximum Gasteiger partial charge on any atom is 0.278 e. The van der Waals surface area contributed by atoms with Crippen LogP contribution in [0.2, 0.25) is 5.02 Å². The zero-order valence-corrected chi connectivity index (χ0v) is 10.8. The summed E-state index contributed by atoms with van der Waals surface area (Å²) in [4.78, 5) is 16.9. The zero-order valence-electron chi connectivity index (χ0n) is 10.0. The monoisotopic (exact) mass is 265 g/mol. The Morgan fingerprint density at radius 3 is 2.89 bits per heavy atom. The molecule has 0 N–H and O–H groups in total. The van der Waals surface area contributed by atoms with Gasteiger partial charge in [-0.3, -0.25) is 9.63 Å². The molecule has 94 valence electrons. The second kappa shape index (κ2) is 5.20. The summed E-state index contributed by atoms with van der Waals surface area (Å²) in [5, 5.41) is 5.59. The fourth-order valence-electron chi connectivity index (χ4n) is 1.49. The summed E-state index contributed by atoms with van der Waals surface area (Å²) in [6.45, 7) is 0. The van der Waals surface area contributed by atoms with Crippen molar-refractivity contribution in [1.82, 2.24) is 14.8 Å². The highest BCUT2D eigenvalue weighted by Crippen LogP contribution is 2.21. The third-order valence-corrected chi connectivity index (χ3v) is 2.84. The first kappa shape index (κ1) is 12.6. The molecule has 0 aliphatic heterocycles. The summed E-state index contributed by atoms with van der Waals surface area (Å²) < 4.78 is 1.65. The van der Waals surface area contributed by atoms with Crippen LogP contribution in [-0.4, -0.2) is 34.9 Å². The van der Waals surface area contributed by atoms with E-state index >= 15 is 0 Å². The predicted molar refractivity (Wildman–Crippen MR) is 67.7 cm³/mol. The van der Waals surface area contributed by atoms with Gasteiger partial charge in [0.2, 0.25) is 0 Å². The van der Waals surface area contributed by atoms with Crippen LogP contribution < -0.4 is 0 Å². The van der Waals surface area contributed by atoms with Crippen molar-refractivity contribution >= 4 is 17.5 Å². The summed E-state index contributed by atoms with van der Waals surface area (Å²) in [6, 6.07) is 6.93. The molecular formula is C12H12ClN3O2. The molecule has 0 saturated heterocycles. The molecule has 1 amide bonds. The summed E-state index contributed by atoms with van der Waals surface area (Å²) >= 11 is 6.02. The Hall–Kier alpha value is -1.85. The number of hydrogen-bond acceptors (Lipinski definition) is 3. The van der Waals surface area contributed by atoms with E-state index in [-0.39, 0.29) is 5.91 Å². The van der Waals surface area contributed by atoms with Gasteiger partial charge in [-0.2, -0.15) is 5.10 Å². The molecule has 0 saturated carbocycles. The maximum absolute atomic E-state index is 12.0. The topological polar surface area (TPSA) is 47.4 Å². The molecule has 1 aromatic carbocycles. The van der Waals surface area contributed by atoms with Crippen LogP contribution >= 0.6 is 11.6 Å². The van der Waals surface area contributed by atoms with E-state index < -0.39 is 0 Å². The van der Waals surface area contributed by atoms with Gasteiger partial charge in [-0.25, -0.2) is 9.75 Å². The van der Waals surface area contributed by atoms with Crippen molar-refractivity contribution in [2.24, 2.45) is 0 Å². The SMILES string of the molecule is CON(C)C(=O)c1cc(-n2cccn2)ccc1Cl. The highest BCUT2D eigenvalue weighted by atomic mass is 35.5. The molecule has 5 nitrogen and oxygen atoms in total. The molecule has 6 heteroatoms. The molecule has 2 rings (SSSR count). The minimum absolute atomic E-state index is 0.309. The van der Waals surface area contributed by atoms with Crippen LogP contribution in [0.4, 0.5) is 0 Å². The predicted octanol–water partition coefficient (Wildman–Crippen LogP) is 2.16. The van der Waals surface area contributed by atoms with Crippen LogP contribution in [0.1, 0.15) is 10.4 Å². The van der Waals surface area contributed by atoms with Crippen molar-refractivity contribution in [1.29, 1.82) is 0 Å². The van der Waals surface area contributed by atoms with E-state index in [0.717, 1.165) is 10.8 Å². The van der Waals surface area contributed by atoms with Gasteiger partial charge >= 0.3 is 0 Å². The van der Waals surface area contributed by atoms with Crippen LogP contribution in [0.15, 0.2) is 36.7 Å². The van der Waals surface area contributed by atoms with E-state index in [1.54, 1.807) is 41.3 Å². The number of hydrogen-bond donors (Lipinski definition) is 0. The molecule has 0 aliphatic rings. The summed E-state index contributed by atoms with van der Waals surface area (Å²) in [7, 11) is 2.95. The fraction of sp³-hybridized carbons (Fsp3) is 0.167. The number of benzene rings is 1. The van der Waals surface area contributed by atoms with Crippen molar-refractivity contribution in [3.8, 4) is 5.69 Å². The van der Waals surface area contributed by atoms with Crippen molar-refractivity contribution < 1.29 is 9.63 Å². The van der Waals surface area contributed by atoms with E-state index in [1.165, 1.54) is 14.2 Å². The molecule has 1 heterocycles. The molecule has 1 aromatic heterocycles. The van der Waals surface area contributed by atoms with Gasteiger partial charge < -0.3 is 0 Å². The third kappa shape index (κ3) is 2.37.